The van der Waals surface area contributed by atoms with Crippen LogP contribution in [0, 0.1) is 25.2 Å². The third-order valence-electron chi connectivity index (χ3n) is 10.1. The van der Waals surface area contributed by atoms with E-state index in [0.29, 0.717) is 29.8 Å². The van der Waals surface area contributed by atoms with Crippen LogP contribution in [0.3, 0.4) is 0 Å². The summed E-state index contributed by atoms with van der Waals surface area (Å²) in [5.74, 6) is 1.31. The van der Waals surface area contributed by atoms with Crippen LogP contribution < -0.4 is 14.4 Å². The number of amides is 1. The molecule has 2 fully saturated rings. The third-order valence-corrected chi connectivity index (χ3v) is 11.4. The van der Waals surface area contributed by atoms with Crippen LogP contribution in [0.5, 0.6) is 5.88 Å². The lowest BCUT2D eigenvalue weighted by atomic mass is 9.75. The molecule has 4 aromatic rings. The van der Waals surface area contributed by atoms with E-state index in [1.807, 2.05) is 38.2 Å². The van der Waals surface area contributed by atoms with Gasteiger partial charge >= 0.3 is 0 Å². The number of aromatic nitrogens is 4. The molecule has 3 aliphatic rings. The first-order valence-corrected chi connectivity index (χ1v) is 18.9. The minimum absolute atomic E-state index is 0.0694. The molecule has 11 nitrogen and oxygen atoms in total. The Kier molecular flexibility index (Phi) is 9.00. The fraction of sp³-hybridized carbons (Fsp3) is 0.447. The number of hydrogen-bond donors (Lipinski definition) is 1. The molecule has 2 aromatic heterocycles. The van der Waals surface area contributed by atoms with Gasteiger partial charge in [0.25, 0.3) is 15.9 Å². The molecular weight excluding hydrogens is 651 g/mol. The number of rotatable bonds is 6. The van der Waals surface area contributed by atoms with Crippen molar-refractivity contribution in [3.8, 4) is 17.1 Å². The second kappa shape index (κ2) is 13.3. The van der Waals surface area contributed by atoms with Gasteiger partial charge in [-0.25, -0.2) is 23.1 Å². The molecule has 4 heterocycles. The lowest BCUT2D eigenvalue weighted by Gasteiger charge is -2.49. The van der Waals surface area contributed by atoms with Crippen LogP contribution in [0.4, 0.5) is 11.8 Å². The van der Waals surface area contributed by atoms with Gasteiger partial charge in [0.05, 0.1) is 41.3 Å². The largest absolute Gasteiger partial charge is 0.475 e. The molecule has 2 aromatic carbocycles. The number of anilines is 2. The molecule has 1 aliphatic carbocycles. The molecule has 2 atom stereocenters. The molecule has 4 bridgehead atoms. The summed E-state index contributed by atoms with van der Waals surface area (Å²) in [7, 11) is -4.17. The molecule has 1 saturated carbocycles. The first kappa shape index (κ1) is 33.9. The lowest BCUT2D eigenvalue weighted by Crippen LogP contribution is -2.54. The van der Waals surface area contributed by atoms with Crippen LogP contribution in [-0.4, -0.2) is 64.4 Å². The molecule has 7 rings (SSSR count). The van der Waals surface area contributed by atoms with E-state index < -0.39 is 16.1 Å². The Labute approximate surface area is 294 Å². The normalized spacial score (nSPS) is 20.7. The Hall–Kier alpha value is -4.58. The fourth-order valence-corrected chi connectivity index (χ4v) is 8.33. The summed E-state index contributed by atoms with van der Waals surface area (Å²) in [5, 5.41) is 0. The van der Waals surface area contributed by atoms with E-state index in [4.69, 9.17) is 9.72 Å². The maximum absolute atomic E-state index is 14.6. The highest BCUT2D eigenvalue weighted by Gasteiger charge is 2.39. The van der Waals surface area contributed by atoms with Gasteiger partial charge in [-0.2, -0.15) is 4.98 Å². The first-order chi connectivity index (χ1) is 23.8. The predicted molar refractivity (Wildman–Crippen MR) is 193 cm³/mol. The first-order valence-electron chi connectivity index (χ1n) is 17.4. The Morgan fingerprint density at radius 1 is 0.960 bits per heavy atom. The number of nitrogens with zero attached hydrogens (tertiary/aromatic N) is 6. The molecule has 0 radical (unpaired) electrons. The van der Waals surface area contributed by atoms with Crippen molar-refractivity contribution in [1.29, 1.82) is 0 Å². The lowest BCUT2D eigenvalue weighted by molar-refractivity contribution is 0.0509. The van der Waals surface area contributed by atoms with Crippen molar-refractivity contribution in [1.82, 2.24) is 24.8 Å². The average molecular weight is 696 g/mol. The van der Waals surface area contributed by atoms with Gasteiger partial charge in [0.1, 0.15) is 12.4 Å². The van der Waals surface area contributed by atoms with Gasteiger partial charge in [-0.3, -0.25) is 9.78 Å². The van der Waals surface area contributed by atoms with Crippen LogP contribution in [0.2, 0.25) is 0 Å². The van der Waals surface area contributed by atoms with Gasteiger partial charge in [-0.1, -0.05) is 51.5 Å². The minimum Gasteiger partial charge on any atom is -0.475 e. The monoisotopic (exact) mass is 695 g/mol. The van der Waals surface area contributed by atoms with Crippen LogP contribution in [0.15, 0.2) is 65.8 Å². The summed E-state index contributed by atoms with van der Waals surface area (Å²) < 4.78 is 36.5. The fourth-order valence-electron chi connectivity index (χ4n) is 7.34. The van der Waals surface area contributed by atoms with Crippen molar-refractivity contribution in [2.24, 2.45) is 11.3 Å². The van der Waals surface area contributed by atoms with Gasteiger partial charge in [0, 0.05) is 29.8 Å². The highest BCUT2D eigenvalue weighted by molar-refractivity contribution is 7.92. The Morgan fingerprint density at radius 2 is 1.72 bits per heavy atom. The molecule has 0 unspecified atom stereocenters. The predicted octanol–water partition coefficient (Wildman–Crippen LogP) is 6.57. The molecular formula is C38H45N7O4S. The topological polar surface area (TPSA) is 131 Å². The number of sulfonamides is 1. The Morgan fingerprint density at radius 3 is 2.40 bits per heavy atom. The number of benzene rings is 2. The molecule has 1 saturated heterocycles. The molecule has 1 N–H and O–H groups in total. The number of fused-ring (bicyclic) bond motifs is 4. The molecule has 2 aliphatic heterocycles. The SMILES string of the molecule is Cc1cccc(C)c1-c1cc2nc(n1)NS(=O)(=O)c1cccc(c1)C(=O)N(Cc1cncc(N3CC[C@@H]3C3CCC3)n1)[C@H](CC(C)(C)C)CO2. The van der Waals surface area contributed by atoms with Gasteiger partial charge in [-0.05, 0) is 80.2 Å². The van der Waals surface area contributed by atoms with Crippen molar-refractivity contribution < 1.29 is 17.9 Å². The van der Waals surface area contributed by atoms with Crippen molar-refractivity contribution in [2.45, 2.75) is 90.2 Å². The summed E-state index contributed by atoms with van der Waals surface area (Å²) in [5.41, 5.74) is 4.08. The number of carbonyl (C=O) groups is 1. The third kappa shape index (κ3) is 7.03. The molecule has 50 heavy (non-hydrogen) atoms. The van der Waals surface area contributed by atoms with E-state index in [0.717, 1.165) is 35.5 Å². The van der Waals surface area contributed by atoms with E-state index in [-0.39, 0.29) is 46.8 Å². The highest BCUT2D eigenvalue weighted by Crippen LogP contribution is 2.40. The Balaban J connectivity index is 1.30. The summed E-state index contributed by atoms with van der Waals surface area (Å²) >= 11 is 0. The Bertz CT molecular complexity index is 2010. The quantitative estimate of drug-likeness (QED) is 0.238. The maximum Gasteiger partial charge on any atom is 0.264 e. The van der Waals surface area contributed by atoms with Crippen LogP contribution >= 0.6 is 0 Å². The number of hydrogen-bond acceptors (Lipinski definition) is 9. The van der Waals surface area contributed by atoms with Crippen molar-refractivity contribution in [3.63, 3.8) is 0 Å². The summed E-state index contributed by atoms with van der Waals surface area (Å²) in [6, 6.07) is 13.8. The van der Waals surface area contributed by atoms with Gasteiger partial charge < -0.3 is 14.5 Å². The molecule has 12 heteroatoms. The summed E-state index contributed by atoms with van der Waals surface area (Å²) in [6.07, 6.45) is 9.09. The minimum atomic E-state index is -4.17. The number of nitrogens with one attached hydrogen (secondary N) is 1. The zero-order valence-electron chi connectivity index (χ0n) is 29.4. The second-order valence-corrected chi connectivity index (χ2v) is 16.8. The standard InChI is InChI=1S/C38H45N7O4S/c1-24-9-6-10-25(2)35(24)31-18-34-42-37(41-31)43-50(47,48)30-14-8-13-27(17-30)36(46)45(29(23-49-34)19-38(3,4)5)22-28-20-39-21-33(40-28)44-16-15-32(44)26-11-7-12-26/h6,8-10,13-14,17-18,20-21,26,29,32H,7,11-12,15-16,19,22-23H2,1-5H3,(H,41,42,43)/t29-,32-/m1/s1. The van der Waals surface area contributed by atoms with Gasteiger partial charge in [0.15, 0.2) is 0 Å². The molecule has 0 spiro atoms. The van der Waals surface area contributed by atoms with Gasteiger partial charge in [-0.15, -0.1) is 0 Å². The summed E-state index contributed by atoms with van der Waals surface area (Å²) in [4.78, 5) is 37.3. The van der Waals surface area contributed by atoms with E-state index in [1.54, 1.807) is 29.3 Å². The zero-order chi connectivity index (χ0) is 35.2. The van der Waals surface area contributed by atoms with Crippen LogP contribution in [0.1, 0.15) is 80.1 Å². The van der Waals surface area contributed by atoms with Gasteiger partial charge in [0.2, 0.25) is 11.8 Å². The maximum atomic E-state index is 14.6. The van der Waals surface area contributed by atoms with Crippen LogP contribution in [-0.2, 0) is 16.6 Å². The second-order valence-electron chi connectivity index (χ2n) is 15.1. The number of carbonyl (C=O) groups excluding carboxylic acids is 1. The smallest absolute Gasteiger partial charge is 0.264 e. The summed E-state index contributed by atoms with van der Waals surface area (Å²) in [6.45, 7) is 11.6. The number of aryl methyl sites for hydroxylation is 2. The van der Waals surface area contributed by atoms with Crippen LogP contribution in [0.25, 0.3) is 11.3 Å². The van der Waals surface area contributed by atoms with E-state index >= 15 is 0 Å². The van der Waals surface area contributed by atoms with E-state index in [2.05, 4.69) is 45.3 Å². The van der Waals surface area contributed by atoms with E-state index in [9.17, 15) is 13.2 Å². The highest BCUT2D eigenvalue weighted by atomic mass is 32.2. The van der Waals surface area contributed by atoms with Crippen molar-refractivity contribution in [3.05, 3.63) is 83.3 Å². The number of ether oxygens (including phenoxy) is 1. The zero-order valence-corrected chi connectivity index (χ0v) is 30.2. The average Bonchev–Trinajstić information content (AvgIpc) is 3.02. The van der Waals surface area contributed by atoms with Crippen molar-refractivity contribution >= 4 is 27.7 Å². The molecule has 262 valence electrons. The molecule has 1 amide bonds. The van der Waals surface area contributed by atoms with E-state index in [1.165, 1.54) is 31.4 Å². The van der Waals surface area contributed by atoms with Crippen molar-refractivity contribution in [2.75, 3.05) is 22.8 Å².